The van der Waals surface area contributed by atoms with Gasteiger partial charge in [0.15, 0.2) is 18.8 Å². The van der Waals surface area contributed by atoms with Crippen molar-refractivity contribution in [3.63, 3.8) is 0 Å². The molecule has 3 fully saturated rings. The first kappa shape index (κ1) is 48.5. The molecule has 0 saturated carbocycles. The third-order valence-corrected chi connectivity index (χ3v) is 11.0. The lowest BCUT2D eigenvalue weighted by Gasteiger charge is -2.47. The zero-order valence-corrected chi connectivity index (χ0v) is 33.7. The second kappa shape index (κ2) is 23.8. The maximum atomic E-state index is 13.1. The zero-order chi connectivity index (χ0) is 43.2. The Balaban J connectivity index is 1.44. The van der Waals surface area contributed by atoms with E-state index in [1.807, 2.05) is 4.98 Å². The van der Waals surface area contributed by atoms with E-state index in [2.05, 4.69) is 17.6 Å². The van der Waals surface area contributed by atoms with Crippen LogP contribution in [0.1, 0.15) is 104 Å². The number of nitrogens with one attached hydrogen (secondary N) is 3. The number of H-pyrrole nitrogens is 1. The van der Waals surface area contributed by atoms with E-state index in [1.54, 1.807) is 6.08 Å². The highest BCUT2D eigenvalue weighted by Crippen LogP contribution is 2.34. The molecule has 11 N–H and O–H groups in total. The number of allylic oxidation sites excluding steroid dienone is 1. The molecule has 3 aliphatic heterocycles. The number of aliphatic hydroxyl groups is 8. The van der Waals surface area contributed by atoms with Gasteiger partial charge in [0.2, 0.25) is 11.8 Å². The first-order valence-corrected chi connectivity index (χ1v) is 20.7. The predicted octanol–water partition coefficient (Wildman–Crippen LogP) is -1.94. The molecular weight excluding hydrogens is 780 g/mol. The van der Waals surface area contributed by atoms with Gasteiger partial charge in [-0.1, -0.05) is 77.2 Å². The van der Waals surface area contributed by atoms with Gasteiger partial charge < -0.3 is 70.4 Å². The molecule has 1 aromatic heterocycles. The van der Waals surface area contributed by atoms with Crippen LogP contribution in [0.5, 0.6) is 0 Å². The maximum absolute atomic E-state index is 13.1. The molecule has 4 heterocycles. The average molecular weight is 845 g/mol. The van der Waals surface area contributed by atoms with Crippen LogP contribution in [0.3, 0.4) is 0 Å². The Kier molecular flexibility index (Phi) is 19.6. The van der Waals surface area contributed by atoms with Gasteiger partial charge in [0, 0.05) is 25.6 Å². The molecule has 0 bridgehead atoms. The summed E-state index contributed by atoms with van der Waals surface area (Å²) in [7, 11) is 0. The van der Waals surface area contributed by atoms with Gasteiger partial charge >= 0.3 is 5.69 Å². The normalized spacial score (nSPS) is 34.2. The molecule has 2 amide bonds. The topological polar surface area (TPSA) is 312 Å². The molecule has 0 radical (unpaired) electrons. The summed E-state index contributed by atoms with van der Waals surface area (Å²) >= 11 is 0. The Labute approximate surface area is 342 Å². The van der Waals surface area contributed by atoms with Gasteiger partial charge in [-0.3, -0.25) is 23.9 Å². The molecule has 336 valence electrons. The summed E-state index contributed by atoms with van der Waals surface area (Å²) in [4.78, 5) is 51.1. The number of aromatic nitrogens is 2. The number of rotatable bonds is 22. The maximum Gasteiger partial charge on any atom is 0.330 e. The molecule has 0 aliphatic carbocycles. The van der Waals surface area contributed by atoms with E-state index < -0.39 is 128 Å². The summed E-state index contributed by atoms with van der Waals surface area (Å²) in [5.74, 6) is -1.35. The Hall–Kier alpha value is -3.12. The summed E-state index contributed by atoms with van der Waals surface area (Å²) in [6.07, 6.45) is -5.00. The van der Waals surface area contributed by atoms with Crippen molar-refractivity contribution in [2.75, 3.05) is 6.61 Å². The van der Waals surface area contributed by atoms with Crippen LogP contribution in [0.15, 0.2) is 34.0 Å². The predicted molar refractivity (Wildman–Crippen MR) is 207 cm³/mol. The van der Waals surface area contributed by atoms with Gasteiger partial charge in [-0.05, 0) is 18.9 Å². The first-order chi connectivity index (χ1) is 28.2. The quantitative estimate of drug-likeness (QED) is 0.0447. The minimum atomic E-state index is -1.85. The van der Waals surface area contributed by atoms with E-state index in [1.165, 1.54) is 51.0 Å². The Morgan fingerprint density at radius 2 is 1.36 bits per heavy atom. The van der Waals surface area contributed by atoms with E-state index in [0.29, 0.717) is 6.42 Å². The van der Waals surface area contributed by atoms with Gasteiger partial charge in [-0.15, -0.1) is 0 Å². The Morgan fingerprint density at radius 3 is 1.93 bits per heavy atom. The largest absolute Gasteiger partial charge is 0.394 e. The lowest BCUT2D eigenvalue weighted by molar-refractivity contribution is -0.346. The summed E-state index contributed by atoms with van der Waals surface area (Å²) in [6.45, 7) is 2.55. The van der Waals surface area contributed by atoms with Crippen molar-refractivity contribution in [3.8, 4) is 0 Å². The minimum absolute atomic E-state index is 0.597. The molecule has 20 nitrogen and oxygen atoms in total. The smallest absolute Gasteiger partial charge is 0.330 e. The second-order valence-electron chi connectivity index (χ2n) is 15.6. The number of carbonyl (C=O) groups excluding carboxylic acids is 2. The lowest BCUT2D eigenvalue weighted by atomic mass is 9.91. The van der Waals surface area contributed by atoms with Crippen LogP contribution in [0, 0.1) is 0 Å². The van der Waals surface area contributed by atoms with Gasteiger partial charge in [0.1, 0.15) is 60.9 Å². The summed E-state index contributed by atoms with van der Waals surface area (Å²) in [5.41, 5.74) is -1.68. The number of aromatic amines is 1. The summed E-state index contributed by atoms with van der Waals surface area (Å²) in [6, 6.07) is -2.01. The fourth-order valence-electron chi connectivity index (χ4n) is 7.68. The van der Waals surface area contributed by atoms with Gasteiger partial charge in [0.25, 0.3) is 5.56 Å². The monoisotopic (exact) mass is 844 g/mol. The van der Waals surface area contributed by atoms with Crippen LogP contribution in [0.4, 0.5) is 0 Å². The van der Waals surface area contributed by atoms with Crippen molar-refractivity contribution in [2.45, 2.75) is 189 Å². The lowest BCUT2D eigenvalue weighted by Crippen LogP contribution is -2.68. The highest BCUT2D eigenvalue weighted by atomic mass is 16.8. The molecule has 1 aromatic rings. The van der Waals surface area contributed by atoms with E-state index in [4.69, 9.17) is 18.9 Å². The van der Waals surface area contributed by atoms with Crippen molar-refractivity contribution in [1.29, 1.82) is 0 Å². The second-order valence-corrected chi connectivity index (χ2v) is 15.6. The van der Waals surface area contributed by atoms with E-state index in [0.717, 1.165) is 49.4 Å². The average Bonchev–Trinajstić information content (AvgIpc) is 3.49. The van der Waals surface area contributed by atoms with Gasteiger partial charge in [-0.25, -0.2) is 4.79 Å². The van der Waals surface area contributed by atoms with Gasteiger partial charge in [0.05, 0.1) is 18.8 Å². The first-order valence-electron chi connectivity index (χ1n) is 20.7. The summed E-state index contributed by atoms with van der Waals surface area (Å²) in [5, 5.41) is 91.4. The van der Waals surface area contributed by atoms with Crippen molar-refractivity contribution in [3.05, 3.63) is 45.3 Å². The SMILES string of the molecule is CCCCCCCCCCCCCC=CC(=O)NC1C(OC2OC(CO)C(O)C(O)C2NC(C)=O)OC(CC(O)C2OC(n3ccc(=O)[nH]c3=O)C(O)C2O)C(O)C1O. The molecule has 15 unspecified atom stereocenters. The Morgan fingerprint density at radius 1 is 0.797 bits per heavy atom. The summed E-state index contributed by atoms with van der Waals surface area (Å²) < 4.78 is 24.1. The van der Waals surface area contributed by atoms with Gasteiger partial charge in [-0.2, -0.15) is 0 Å². The number of ether oxygens (including phenoxy) is 4. The molecule has 0 spiro atoms. The number of amides is 2. The molecule has 3 saturated heterocycles. The number of carbonyl (C=O) groups is 2. The number of hydrogen-bond acceptors (Lipinski definition) is 16. The van der Waals surface area contributed by atoms with E-state index >= 15 is 0 Å². The molecule has 0 aromatic carbocycles. The Bertz CT molecular complexity index is 1590. The third-order valence-electron chi connectivity index (χ3n) is 11.0. The van der Waals surface area contributed by atoms with E-state index in [-0.39, 0.29) is 0 Å². The standard InChI is InChI=1S/C39H64N4O16/c1-3-4-5-6-7-8-9-10-11-12-13-14-15-16-25(47)41-28-32(52)29(49)23(56-38(28)59-37-27(40-21(2)45)31(51)30(50)24(20-44)57-37)19-22(46)35-33(53)34(54)36(58-35)43-18-17-26(48)42-39(43)55/h15-18,22-24,27-38,44,46,49-54H,3-14,19-20H2,1-2H3,(H,40,45)(H,41,47)(H,42,48,55). The molecule has 3 aliphatic rings. The molecule has 4 rings (SSSR count). The highest BCUT2D eigenvalue weighted by Gasteiger charge is 2.53. The number of nitrogens with zero attached hydrogens (tertiary/aromatic N) is 1. The molecule has 59 heavy (non-hydrogen) atoms. The number of hydrogen-bond donors (Lipinski definition) is 11. The van der Waals surface area contributed by atoms with Crippen LogP contribution >= 0.6 is 0 Å². The number of unbranched alkanes of at least 4 members (excludes halogenated alkanes) is 11. The zero-order valence-electron chi connectivity index (χ0n) is 33.7. The van der Waals surface area contributed by atoms with Crippen molar-refractivity contribution >= 4 is 11.8 Å². The number of aliphatic hydroxyl groups excluding tert-OH is 8. The van der Waals surface area contributed by atoms with Crippen LogP contribution < -0.4 is 21.9 Å². The van der Waals surface area contributed by atoms with E-state index in [9.17, 15) is 60.0 Å². The minimum Gasteiger partial charge on any atom is -0.394 e. The molecule has 20 heteroatoms. The van der Waals surface area contributed by atoms with Crippen LogP contribution in [-0.4, -0.2) is 155 Å². The van der Waals surface area contributed by atoms with Crippen molar-refractivity contribution < 1.29 is 69.4 Å². The van der Waals surface area contributed by atoms with Crippen LogP contribution in [-0.2, 0) is 28.5 Å². The fraction of sp³-hybridized carbons (Fsp3) is 0.795. The van der Waals surface area contributed by atoms with Crippen molar-refractivity contribution in [2.24, 2.45) is 0 Å². The molecular formula is C39H64N4O16. The third kappa shape index (κ3) is 13.4. The van der Waals surface area contributed by atoms with Crippen LogP contribution in [0.2, 0.25) is 0 Å². The molecule has 15 atom stereocenters. The fourth-order valence-corrected chi connectivity index (χ4v) is 7.68. The van der Waals surface area contributed by atoms with Crippen molar-refractivity contribution in [1.82, 2.24) is 20.2 Å². The highest BCUT2D eigenvalue weighted by molar-refractivity contribution is 5.87. The van der Waals surface area contributed by atoms with Crippen LogP contribution in [0.25, 0.3) is 0 Å².